The van der Waals surface area contributed by atoms with Gasteiger partial charge in [-0.2, -0.15) is 0 Å². The predicted octanol–water partition coefficient (Wildman–Crippen LogP) is 0.450. The molecule has 1 aliphatic rings. The average Bonchev–Trinajstić information content (AvgIpc) is 2.46. The molecule has 20 heavy (non-hydrogen) atoms. The third-order valence-corrected chi connectivity index (χ3v) is 2.92. The Hall–Kier alpha value is -2.15. The van der Waals surface area contributed by atoms with Crippen LogP contribution < -0.4 is 10.6 Å². The van der Waals surface area contributed by atoms with E-state index < -0.39 is 0 Å². The quantitative estimate of drug-likeness (QED) is 0.841. The first-order valence-corrected chi connectivity index (χ1v) is 6.47. The molecule has 3 amide bonds. The van der Waals surface area contributed by atoms with E-state index in [0.29, 0.717) is 31.9 Å². The third kappa shape index (κ3) is 4.20. The summed E-state index contributed by atoms with van der Waals surface area (Å²) in [6.45, 7) is 3.31. The first-order chi connectivity index (χ1) is 9.65. The Balaban J connectivity index is 1.85. The lowest BCUT2D eigenvalue weighted by Gasteiger charge is -2.32. The van der Waals surface area contributed by atoms with Crippen molar-refractivity contribution in [2.45, 2.75) is 13.0 Å². The monoisotopic (exact) mass is 278 g/mol. The zero-order valence-electron chi connectivity index (χ0n) is 11.3. The smallest absolute Gasteiger partial charge is 0.322 e. The number of amides is 3. The van der Waals surface area contributed by atoms with Crippen LogP contribution in [0.2, 0.25) is 0 Å². The van der Waals surface area contributed by atoms with Gasteiger partial charge in [-0.05, 0) is 12.1 Å². The molecule has 2 N–H and O–H groups in total. The van der Waals surface area contributed by atoms with Crippen molar-refractivity contribution < 1.29 is 14.3 Å². The summed E-state index contributed by atoms with van der Waals surface area (Å²) in [4.78, 5) is 28.6. The van der Waals surface area contributed by atoms with Crippen molar-refractivity contribution in [2.24, 2.45) is 0 Å². The van der Waals surface area contributed by atoms with Gasteiger partial charge in [-0.3, -0.25) is 9.78 Å². The SMILES string of the molecule is CC(=O)NCC1CN(C(=O)Nc2cccnc2)CCO1. The van der Waals surface area contributed by atoms with Crippen LogP contribution in [0.1, 0.15) is 6.92 Å². The fourth-order valence-electron chi connectivity index (χ4n) is 1.92. The van der Waals surface area contributed by atoms with Crippen LogP contribution in [0.15, 0.2) is 24.5 Å². The highest BCUT2D eigenvalue weighted by Gasteiger charge is 2.24. The van der Waals surface area contributed by atoms with E-state index in [2.05, 4.69) is 15.6 Å². The fraction of sp³-hybridized carbons (Fsp3) is 0.462. The molecular formula is C13H18N4O3. The number of pyridine rings is 1. The van der Waals surface area contributed by atoms with E-state index in [0.717, 1.165) is 0 Å². The second-order valence-electron chi connectivity index (χ2n) is 4.55. The van der Waals surface area contributed by atoms with Crippen LogP contribution in [0.4, 0.5) is 10.5 Å². The highest BCUT2D eigenvalue weighted by atomic mass is 16.5. The number of carbonyl (C=O) groups excluding carboxylic acids is 2. The third-order valence-electron chi connectivity index (χ3n) is 2.92. The van der Waals surface area contributed by atoms with Crippen LogP contribution in [-0.2, 0) is 9.53 Å². The van der Waals surface area contributed by atoms with Gasteiger partial charge in [0.05, 0.1) is 31.1 Å². The summed E-state index contributed by atoms with van der Waals surface area (Å²) in [6.07, 6.45) is 3.06. The molecule has 0 spiro atoms. The summed E-state index contributed by atoms with van der Waals surface area (Å²) < 4.78 is 5.51. The number of morpholine rings is 1. The fourth-order valence-corrected chi connectivity index (χ4v) is 1.92. The van der Waals surface area contributed by atoms with Gasteiger partial charge in [0.25, 0.3) is 0 Å². The molecule has 0 saturated carbocycles. The van der Waals surface area contributed by atoms with Crippen molar-refractivity contribution in [3.05, 3.63) is 24.5 Å². The Bertz CT molecular complexity index is 466. The second kappa shape index (κ2) is 6.85. The maximum atomic E-state index is 12.1. The molecule has 0 radical (unpaired) electrons. The Morgan fingerprint density at radius 1 is 1.55 bits per heavy atom. The van der Waals surface area contributed by atoms with Crippen molar-refractivity contribution in [1.29, 1.82) is 0 Å². The molecule has 108 valence electrons. The maximum absolute atomic E-state index is 12.1. The number of hydrogen-bond donors (Lipinski definition) is 2. The second-order valence-corrected chi connectivity index (χ2v) is 4.55. The minimum Gasteiger partial charge on any atom is -0.373 e. The zero-order chi connectivity index (χ0) is 14.4. The molecule has 2 rings (SSSR count). The summed E-state index contributed by atoms with van der Waals surface area (Å²) in [6, 6.07) is 3.35. The van der Waals surface area contributed by atoms with E-state index in [9.17, 15) is 9.59 Å². The van der Waals surface area contributed by atoms with Crippen LogP contribution in [0.5, 0.6) is 0 Å². The molecule has 2 heterocycles. The number of hydrogen-bond acceptors (Lipinski definition) is 4. The first-order valence-electron chi connectivity index (χ1n) is 6.47. The Kier molecular flexibility index (Phi) is 4.89. The molecule has 1 atom stereocenters. The van der Waals surface area contributed by atoms with Gasteiger partial charge >= 0.3 is 6.03 Å². The molecule has 0 aromatic carbocycles. The van der Waals surface area contributed by atoms with E-state index >= 15 is 0 Å². The molecule has 0 bridgehead atoms. The van der Waals surface area contributed by atoms with E-state index in [1.807, 2.05) is 0 Å². The number of urea groups is 1. The largest absolute Gasteiger partial charge is 0.373 e. The molecule has 1 saturated heterocycles. The highest BCUT2D eigenvalue weighted by molar-refractivity contribution is 5.89. The van der Waals surface area contributed by atoms with Gasteiger partial charge in [-0.1, -0.05) is 0 Å². The lowest BCUT2D eigenvalue weighted by Crippen LogP contribution is -2.50. The number of ether oxygens (including phenoxy) is 1. The number of anilines is 1. The summed E-state index contributed by atoms with van der Waals surface area (Å²) in [5, 5.41) is 5.47. The van der Waals surface area contributed by atoms with Crippen molar-refractivity contribution in [3.8, 4) is 0 Å². The van der Waals surface area contributed by atoms with E-state index in [1.54, 1.807) is 29.4 Å². The van der Waals surface area contributed by atoms with Crippen LogP contribution >= 0.6 is 0 Å². The molecule has 1 unspecified atom stereocenters. The lowest BCUT2D eigenvalue weighted by molar-refractivity contribution is -0.120. The summed E-state index contributed by atoms with van der Waals surface area (Å²) in [5.41, 5.74) is 0.655. The van der Waals surface area contributed by atoms with Gasteiger partial charge < -0.3 is 20.3 Å². The van der Waals surface area contributed by atoms with Gasteiger partial charge in [0, 0.05) is 26.2 Å². The van der Waals surface area contributed by atoms with Crippen molar-refractivity contribution in [2.75, 3.05) is 31.6 Å². The number of carbonyl (C=O) groups is 2. The molecule has 7 nitrogen and oxygen atoms in total. The number of nitrogens with one attached hydrogen (secondary N) is 2. The average molecular weight is 278 g/mol. The normalized spacial score (nSPS) is 18.4. The molecule has 1 aromatic heterocycles. The van der Waals surface area contributed by atoms with Crippen molar-refractivity contribution in [3.63, 3.8) is 0 Å². The van der Waals surface area contributed by atoms with E-state index in [-0.39, 0.29) is 18.0 Å². The van der Waals surface area contributed by atoms with Gasteiger partial charge in [-0.15, -0.1) is 0 Å². The highest BCUT2D eigenvalue weighted by Crippen LogP contribution is 2.09. The Labute approximate surface area is 117 Å². The van der Waals surface area contributed by atoms with Crippen molar-refractivity contribution in [1.82, 2.24) is 15.2 Å². The lowest BCUT2D eigenvalue weighted by atomic mass is 10.2. The molecule has 7 heteroatoms. The van der Waals surface area contributed by atoms with E-state index in [4.69, 9.17) is 4.74 Å². The molecule has 1 aromatic rings. The maximum Gasteiger partial charge on any atom is 0.322 e. The van der Waals surface area contributed by atoms with Gasteiger partial charge in [-0.25, -0.2) is 4.79 Å². The van der Waals surface area contributed by atoms with Crippen molar-refractivity contribution >= 4 is 17.6 Å². The predicted molar refractivity (Wildman–Crippen MR) is 73.3 cm³/mol. The topological polar surface area (TPSA) is 83.6 Å². The van der Waals surface area contributed by atoms with Crippen LogP contribution in [0.3, 0.4) is 0 Å². The number of aromatic nitrogens is 1. The Morgan fingerprint density at radius 2 is 2.40 bits per heavy atom. The standard InChI is InChI=1S/C13H18N4O3/c1-10(18)15-8-12-9-17(5-6-20-12)13(19)16-11-3-2-4-14-7-11/h2-4,7,12H,5-6,8-9H2,1H3,(H,15,18)(H,16,19). The summed E-state index contributed by atoms with van der Waals surface area (Å²) in [5.74, 6) is -0.106. The van der Waals surface area contributed by atoms with Crippen LogP contribution in [-0.4, -0.2) is 54.2 Å². The van der Waals surface area contributed by atoms with Gasteiger partial charge in [0.1, 0.15) is 0 Å². The molecule has 1 fully saturated rings. The van der Waals surface area contributed by atoms with Gasteiger partial charge in [0.15, 0.2) is 0 Å². The number of nitrogens with zero attached hydrogens (tertiary/aromatic N) is 2. The van der Waals surface area contributed by atoms with E-state index in [1.165, 1.54) is 6.92 Å². The first kappa shape index (κ1) is 14.3. The molecular weight excluding hydrogens is 260 g/mol. The number of rotatable bonds is 3. The molecule has 1 aliphatic heterocycles. The minimum absolute atomic E-state index is 0.106. The summed E-state index contributed by atoms with van der Waals surface area (Å²) in [7, 11) is 0. The van der Waals surface area contributed by atoms with Crippen LogP contribution in [0.25, 0.3) is 0 Å². The van der Waals surface area contributed by atoms with Gasteiger partial charge in [0.2, 0.25) is 5.91 Å². The Morgan fingerprint density at radius 3 is 3.10 bits per heavy atom. The zero-order valence-corrected chi connectivity index (χ0v) is 11.3. The summed E-state index contributed by atoms with van der Waals surface area (Å²) >= 11 is 0. The molecule has 0 aliphatic carbocycles. The minimum atomic E-state index is -0.186. The van der Waals surface area contributed by atoms with Crippen LogP contribution in [0, 0.1) is 0 Å².